The zero-order valence-corrected chi connectivity index (χ0v) is 7.01. The van der Waals surface area contributed by atoms with E-state index in [2.05, 4.69) is 0 Å². The first-order valence-electron chi connectivity index (χ1n) is 4.38. The van der Waals surface area contributed by atoms with E-state index in [1.54, 1.807) is 6.07 Å². The normalized spacial score (nSPS) is 15.7. The highest BCUT2D eigenvalue weighted by Gasteiger charge is 2.14. The topological polar surface area (TPSA) is 46.2 Å². The number of aromatic hydroxyl groups is 1. The maximum absolute atomic E-state index is 9.62. The zero-order chi connectivity index (χ0) is 8.55. The minimum absolute atomic E-state index is 0.312. The van der Waals surface area contributed by atoms with Gasteiger partial charge in [-0.05, 0) is 42.9 Å². The van der Waals surface area contributed by atoms with Crippen molar-refractivity contribution < 1.29 is 5.11 Å². The van der Waals surface area contributed by atoms with Gasteiger partial charge in [-0.15, -0.1) is 0 Å². The summed E-state index contributed by atoms with van der Waals surface area (Å²) in [6.45, 7) is 0. The lowest BCUT2D eigenvalue weighted by atomic mass is 9.90. The number of rotatable bonds is 0. The molecule has 0 spiro atoms. The van der Waals surface area contributed by atoms with Gasteiger partial charge in [0.25, 0.3) is 0 Å². The van der Waals surface area contributed by atoms with E-state index in [-0.39, 0.29) is 0 Å². The lowest BCUT2D eigenvalue weighted by Crippen LogP contribution is -2.03. The molecule has 0 fully saturated rings. The average Bonchev–Trinajstić information content (AvgIpc) is 2.12. The van der Waals surface area contributed by atoms with Gasteiger partial charge in [-0.2, -0.15) is 0 Å². The van der Waals surface area contributed by atoms with E-state index < -0.39 is 0 Å². The summed E-state index contributed by atoms with van der Waals surface area (Å²) in [4.78, 5) is 0. The monoisotopic (exact) mass is 163 g/mol. The van der Waals surface area contributed by atoms with Crippen LogP contribution in [-0.4, -0.2) is 5.11 Å². The van der Waals surface area contributed by atoms with Crippen LogP contribution in [0.15, 0.2) is 12.1 Å². The van der Waals surface area contributed by atoms with E-state index in [9.17, 15) is 5.11 Å². The Bertz CT molecular complexity index is 307. The molecule has 0 heterocycles. The van der Waals surface area contributed by atoms with Crippen LogP contribution in [0.4, 0.5) is 5.69 Å². The van der Waals surface area contributed by atoms with Gasteiger partial charge in [-0.25, -0.2) is 0 Å². The number of nitrogens with two attached hydrogens (primary N) is 1. The van der Waals surface area contributed by atoms with Crippen molar-refractivity contribution in [1.29, 1.82) is 0 Å². The second kappa shape index (κ2) is 2.70. The van der Waals surface area contributed by atoms with Crippen molar-refractivity contribution in [1.82, 2.24) is 0 Å². The molecule has 0 saturated carbocycles. The van der Waals surface area contributed by atoms with Gasteiger partial charge >= 0.3 is 0 Å². The van der Waals surface area contributed by atoms with Crippen molar-refractivity contribution in [2.24, 2.45) is 0 Å². The van der Waals surface area contributed by atoms with Crippen LogP contribution < -0.4 is 5.73 Å². The molecule has 12 heavy (non-hydrogen) atoms. The van der Waals surface area contributed by atoms with Gasteiger partial charge in [0.1, 0.15) is 5.75 Å². The maximum atomic E-state index is 9.62. The highest BCUT2D eigenvalue weighted by atomic mass is 16.3. The third-order valence-corrected chi connectivity index (χ3v) is 2.53. The molecule has 2 heteroatoms. The number of phenolic OH excluding ortho intramolecular Hbond substituents is 1. The molecular weight excluding hydrogens is 150 g/mol. The van der Waals surface area contributed by atoms with Gasteiger partial charge in [-0.3, -0.25) is 0 Å². The number of nitrogen functional groups attached to an aromatic ring is 1. The Labute approximate surface area is 72.0 Å². The largest absolute Gasteiger partial charge is 0.505 e. The lowest BCUT2D eigenvalue weighted by molar-refractivity contribution is 0.464. The summed E-state index contributed by atoms with van der Waals surface area (Å²) in [6.07, 6.45) is 4.47. The highest BCUT2D eigenvalue weighted by molar-refractivity contribution is 5.59. The SMILES string of the molecule is Nc1ccc2c(c1O)CCCC2. The smallest absolute Gasteiger partial charge is 0.141 e. The van der Waals surface area contributed by atoms with Crippen molar-refractivity contribution in [2.75, 3.05) is 5.73 Å². The summed E-state index contributed by atoms with van der Waals surface area (Å²) >= 11 is 0. The van der Waals surface area contributed by atoms with Crippen LogP contribution in [0.3, 0.4) is 0 Å². The summed E-state index contributed by atoms with van der Waals surface area (Å²) < 4.78 is 0. The molecule has 2 nitrogen and oxygen atoms in total. The minimum Gasteiger partial charge on any atom is -0.505 e. The molecule has 1 aliphatic carbocycles. The van der Waals surface area contributed by atoms with E-state index in [1.807, 2.05) is 6.07 Å². The first kappa shape index (κ1) is 7.47. The Morgan fingerprint density at radius 2 is 1.92 bits per heavy atom. The number of phenols is 1. The van der Waals surface area contributed by atoms with Gasteiger partial charge < -0.3 is 10.8 Å². The quantitative estimate of drug-likeness (QED) is 0.453. The van der Waals surface area contributed by atoms with E-state index in [0.717, 1.165) is 18.4 Å². The summed E-state index contributed by atoms with van der Waals surface area (Å²) in [5.41, 5.74) is 8.45. The number of hydrogen-bond acceptors (Lipinski definition) is 2. The van der Waals surface area contributed by atoms with Crippen LogP contribution in [-0.2, 0) is 12.8 Å². The minimum atomic E-state index is 0.312. The molecule has 1 aromatic rings. The van der Waals surface area contributed by atoms with E-state index in [4.69, 9.17) is 5.73 Å². The fourth-order valence-electron chi connectivity index (χ4n) is 1.83. The van der Waals surface area contributed by atoms with Crippen molar-refractivity contribution >= 4 is 5.69 Å². The van der Waals surface area contributed by atoms with Crippen LogP contribution in [0.5, 0.6) is 5.75 Å². The Balaban J connectivity index is 2.54. The number of anilines is 1. The van der Waals surface area contributed by atoms with E-state index >= 15 is 0 Å². The molecule has 0 bridgehead atoms. The predicted octanol–water partition coefficient (Wildman–Crippen LogP) is 1.85. The number of hydrogen-bond donors (Lipinski definition) is 2. The Morgan fingerprint density at radius 1 is 1.17 bits per heavy atom. The third kappa shape index (κ3) is 1.04. The molecule has 0 saturated heterocycles. The standard InChI is InChI=1S/C10H13NO/c11-9-6-5-7-3-1-2-4-8(7)10(9)12/h5-6,12H,1-4,11H2. The highest BCUT2D eigenvalue weighted by Crippen LogP contribution is 2.32. The Morgan fingerprint density at radius 3 is 2.75 bits per heavy atom. The van der Waals surface area contributed by atoms with Gasteiger partial charge in [-0.1, -0.05) is 6.07 Å². The summed E-state index contributed by atoms with van der Waals surface area (Å²) in [5, 5.41) is 9.62. The van der Waals surface area contributed by atoms with E-state index in [0.29, 0.717) is 11.4 Å². The van der Waals surface area contributed by atoms with Crippen molar-refractivity contribution in [2.45, 2.75) is 25.7 Å². The molecule has 0 amide bonds. The van der Waals surface area contributed by atoms with Crippen molar-refractivity contribution in [3.05, 3.63) is 23.3 Å². The molecule has 64 valence electrons. The second-order valence-corrected chi connectivity index (χ2v) is 3.35. The van der Waals surface area contributed by atoms with Crippen molar-refractivity contribution in [3.8, 4) is 5.75 Å². The molecule has 1 aromatic carbocycles. The molecule has 0 aromatic heterocycles. The third-order valence-electron chi connectivity index (χ3n) is 2.53. The summed E-state index contributed by atoms with van der Waals surface area (Å²) in [5.74, 6) is 0.312. The zero-order valence-electron chi connectivity index (χ0n) is 7.01. The fraction of sp³-hybridized carbons (Fsp3) is 0.400. The number of fused-ring (bicyclic) bond motifs is 1. The van der Waals surface area contributed by atoms with Crippen LogP contribution in [0.1, 0.15) is 24.0 Å². The first-order valence-corrected chi connectivity index (χ1v) is 4.38. The molecule has 0 radical (unpaired) electrons. The summed E-state index contributed by atoms with van der Waals surface area (Å²) in [7, 11) is 0. The average molecular weight is 163 g/mol. The first-order chi connectivity index (χ1) is 5.79. The molecule has 0 atom stereocenters. The Hall–Kier alpha value is -1.18. The van der Waals surface area contributed by atoms with Crippen LogP contribution in [0.25, 0.3) is 0 Å². The lowest BCUT2D eigenvalue weighted by Gasteiger charge is -2.17. The molecule has 3 N–H and O–H groups in total. The van der Waals surface area contributed by atoms with Gasteiger partial charge in [0, 0.05) is 0 Å². The van der Waals surface area contributed by atoms with Gasteiger partial charge in [0.2, 0.25) is 0 Å². The van der Waals surface area contributed by atoms with Crippen LogP contribution in [0.2, 0.25) is 0 Å². The molecular formula is C10H13NO. The molecule has 2 rings (SSSR count). The predicted molar refractivity (Wildman–Crippen MR) is 49.2 cm³/mol. The number of aryl methyl sites for hydroxylation is 1. The second-order valence-electron chi connectivity index (χ2n) is 3.35. The van der Waals surface area contributed by atoms with E-state index in [1.165, 1.54) is 18.4 Å². The van der Waals surface area contributed by atoms with Gasteiger partial charge in [0.05, 0.1) is 5.69 Å². The molecule has 0 aliphatic heterocycles. The number of benzene rings is 1. The fourth-order valence-corrected chi connectivity index (χ4v) is 1.83. The maximum Gasteiger partial charge on any atom is 0.141 e. The van der Waals surface area contributed by atoms with Crippen LogP contribution in [0, 0.1) is 0 Å². The summed E-state index contributed by atoms with van der Waals surface area (Å²) in [6, 6.07) is 3.82. The Kier molecular flexibility index (Phi) is 1.68. The molecule has 1 aliphatic rings. The van der Waals surface area contributed by atoms with Crippen molar-refractivity contribution in [3.63, 3.8) is 0 Å². The van der Waals surface area contributed by atoms with Crippen LogP contribution >= 0.6 is 0 Å². The van der Waals surface area contributed by atoms with Gasteiger partial charge in [0.15, 0.2) is 0 Å². The molecule has 0 unspecified atom stereocenters.